The van der Waals surface area contributed by atoms with Gasteiger partial charge in [0.05, 0.1) is 12.6 Å². The van der Waals surface area contributed by atoms with Gasteiger partial charge in [-0.2, -0.15) is 0 Å². The maximum atomic E-state index is 12.9. The third-order valence-corrected chi connectivity index (χ3v) is 2.27. The molecule has 0 aliphatic rings. The molecule has 4 heteroatoms. The molecule has 0 saturated carbocycles. The number of fused-ring (bicyclic) bond motifs is 1. The minimum absolute atomic E-state index is 0.149. The van der Waals surface area contributed by atoms with Crippen molar-refractivity contribution < 1.29 is 9.50 Å². The van der Waals surface area contributed by atoms with Gasteiger partial charge in [0.15, 0.2) is 0 Å². The first-order valence-corrected chi connectivity index (χ1v) is 4.35. The summed E-state index contributed by atoms with van der Waals surface area (Å²) < 4.78 is 12.9. The number of nitrogens with one attached hydrogen (secondary N) is 1. The number of nitrogens with two attached hydrogens (primary N) is 1. The van der Waals surface area contributed by atoms with E-state index in [1.807, 2.05) is 0 Å². The molecule has 4 N–H and O–H groups in total. The first-order chi connectivity index (χ1) is 6.72. The van der Waals surface area contributed by atoms with E-state index < -0.39 is 6.04 Å². The fraction of sp³-hybridized carbons (Fsp3) is 0.200. The van der Waals surface area contributed by atoms with Crippen LogP contribution < -0.4 is 5.73 Å². The Hall–Kier alpha value is -1.39. The third kappa shape index (κ3) is 1.38. The second kappa shape index (κ2) is 3.40. The number of H-pyrrole nitrogens is 1. The summed E-state index contributed by atoms with van der Waals surface area (Å²) >= 11 is 0. The van der Waals surface area contributed by atoms with Gasteiger partial charge in [0.2, 0.25) is 0 Å². The molecule has 0 fully saturated rings. The lowest BCUT2D eigenvalue weighted by Gasteiger charge is -2.05. The van der Waals surface area contributed by atoms with Crippen LogP contribution in [0.4, 0.5) is 4.39 Å². The lowest BCUT2D eigenvalue weighted by Crippen LogP contribution is -2.13. The van der Waals surface area contributed by atoms with Crippen LogP contribution in [-0.2, 0) is 0 Å². The second-order valence-electron chi connectivity index (χ2n) is 3.22. The molecule has 0 spiro atoms. The van der Waals surface area contributed by atoms with Gasteiger partial charge in [-0.05, 0) is 23.8 Å². The van der Waals surface area contributed by atoms with Crippen LogP contribution in [0.5, 0.6) is 0 Å². The molecule has 1 aromatic heterocycles. The predicted octanol–water partition coefficient (Wildman–Crippen LogP) is 1.30. The quantitative estimate of drug-likeness (QED) is 0.674. The van der Waals surface area contributed by atoms with Gasteiger partial charge in [-0.15, -0.1) is 0 Å². The van der Waals surface area contributed by atoms with E-state index >= 15 is 0 Å². The molecule has 0 amide bonds. The van der Waals surface area contributed by atoms with Crippen molar-refractivity contribution in [2.75, 3.05) is 6.61 Å². The Bertz CT molecular complexity index is 452. The zero-order valence-electron chi connectivity index (χ0n) is 7.50. The molecule has 2 aromatic rings. The normalized spacial score (nSPS) is 13.4. The van der Waals surface area contributed by atoms with Crippen LogP contribution in [-0.4, -0.2) is 16.7 Å². The maximum Gasteiger partial charge on any atom is 0.123 e. The van der Waals surface area contributed by atoms with Crippen molar-refractivity contribution in [1.29, 1.82) is 0 Å². The summed E-state index contributed by atoms with van der Waals surface area (Å²) in [4.78, 5) is 2.97. The number of aliphatic hydroxyl groups is 1. The van der Waals surface area contributed by atoms with Crippen molar-refractivity contribution in [1.82, 2.24) is 4.98 Å². The number of rotatable bonds is 2. The highest BCUT2D eigenvalue weighted by Crippen LogP contribution is 2.23. The van der Waals surface area contributed by atoms with Crippen molar-refractivity contribution >= 4 is 10.9 Å². The summed E-state index contributed by atoms with van der Waals surface area (Å²) in [6, 6.07) is 3.98. The van der Waals surface area contributed by atoms with E-state index in [1.165, 1.54) is 12.1 Å². The molecule has 0 saturated heterocycles. The number of halogens is 1. The molecule has 14 heavy (non-hydrogen) atoms. The number of benzene rings is 1. The molecule has 0 aliphatic heterocycles. The minimum Gasteiger partial charge on any atom is -0.394 e. The maximum absolute atomic E-state index is 12.9. The molecule has 1 aromatic carbocycles. The van der Waals surface area contributed by atoms with E-state index in [1.54, 1.807) is 12.3 Å². The number of hydrogen-bond donors (Lipinski definition) is 3. The summed E-state index contributed by atoms with van der Waals surface area (Å²) in [7, 11) is 0. The average molecular weight is 194 g/mol. The van der Waals surface area contributed by atoms with E-state index in [9.17, 15) is 4.39 Å². The highest BCUT2D eigenvalue weighted by molar-refractivity contribution is 5.83. The first kappa shape index (κ1) is 9.18. The average Bonchev–Trinajstić information content (AvgIpc) is 2.59. The SMILES string of the molecule is NC(CO)c1c[nH]c2ccc(F)cc12. The largest absolute Gasteiger partial charge is 0.394 e. The summed E-state index contributed by atoms with van der Waals surface area (Å²) in [6.45, 7) is -0.149. The fourth-order valence-electron chi connectivity index (χ4n) is 1.52. The second-order valence-corrected chi connectivity index (χ2v) is 3.22. The molecule has 1 atom stereocenters. The minimum atomic E-state index is -0.467. The fourth-order valence-corrected chi connectivity index (χ4v) is 1.52. The van der Waals surface area contributed by atoms with Gasteiger partial charge in [0, 0.05) is 17.1 Å². The number of aliphatic hydroxyl groups excluding tert-OH is 1. The highest BCUT2D eigenvalue weighted by Gasteiger charge is 2.10. The zero-order valence-corrected chi connectivity index (χ0v) is 7.50. The van der Waals surface area contributed by atoms with Gasteiger partial charge in [-0.3, -0.25) is 0 Å². The smallest absolute Gasteiger partial charge is 0.123 e. The molecule has 1 heterocycles. The van der Waals surface area contributed by atoms with Crippen LogP contribution in [0, 0.1) is 5.82 Å². The molecular formula is C10H11FN2O. The number of aromatic nitrogens is 1. The molecule has 2 rings (SSSR count). The standard InChI is InChI=1S/C10H11FN2O/c11-6-1-2-10-7(3-6)8(4-13-10)9(12)5-14/h1-4,9,13-14H,5,12H2. The van der Waals surface area contributed by atoms with Gasteiger partial charge < -0.3 is 15.8 Å². The molecule has 0 bridgehead atoms. The van der Waals surface area contributed by atoms with Crippen LogP contribution in [0.3, 0.4) is 0 Å². The van der Waals surface area contributed by atoms with E-state index in [4.69, 9.17) is 10.8 Å². The molecule has 3 nitrogen and oxygen atoms in total. The molecule has 1 unspecified atom stereocenters. The van der Waals surface area contributed by atoms with Crippen molar-refractivity contribution in [3.05, 3.63) is 35.8 Å². The van der Waals surface area contributed by atoms with Crippen LogP contribution in [0.25, 0.3) is 10.9 Å². The van der Waals surface area contributed by atoms with Gasteiger partial charge in [0.25, 0.3) is 0 Å². The Balaban J connectivity index is 2.61. The van der Waals surface area contributed by atoms with Crippen molar-refractivity contribution in [2.24, 2.45) is 5.73 Å². The number of hydrogen-bond acceptors (Lipinski definition) is 2. The van der Waals surface area contributed by atoms with E-state index in [-0.39, 0.29) is 12.4 Å². The van der Waals surface area contributed by atoms with Crippen molar-refractivity contribution in [2.45, 2.75) is 6.04 Å². The Labute approximate surface area is 80.4 Å². The van der Waals surface area contributed by atoms with Crippen LogP contribution in [0.15, 0.2) is 24.4 Å². The molecule has 74 valence electrons. The zero-order chi connectivity index (χ0) is 10.1. The first-order valence-electron chi connectivity index (χ1n) is 4.35. The highest BCUT2D eigenvalue weighted by atomic mass is 19.1. The lowest BCUT2D eigenvalue weighted by molar-refractivity contribution is 0.268. The van der Waals surface area contributed by atoms with Crippen molar-refractivity contribution in [3.8, 4) is 0 Å². The monoisotopic (exact) mass is 194 g/mol. The molecule has 0 aliphatic carbocycles. The summed E-state index contributed by atoms with van der Waals surface area (Å²) in [5.74, 6) is -0.302. The lowest BCUT2D eigenvalue weighted by atomic mass is 10.1. The van der Waals surface area contributed by atoms with Crippen LogP contribution >= 0.6 is 0 Å². The third-order valence-electron chi connectivity index (χ3n) is 2.27. The Morgan fingerprint density at radius 1 is 1.50 bits per heavy atom. The summed E-state index contributed by atoms with van der Waals surface area (Å²) in [6.07, 6.45) is 1.70. The Kier molecular flexibility index (Phi) is 2.23. The van der Waals surface area contributed by atoms with E-state index in [2.05, 4.69) is 4.98 Å². The summed E-state index contributed by atoms with van der Waals surface area (Å²) in [5.41, 5.74) is 7.22. The molecular weight excluding hydrogens is 183 g/mol. The summed E-state index contributed by atoms with van der Waals surface area (Å²) in [5, 5.41) is 9.63. The number of aromatic amines is 1. The van der Waals surface area contributed by atoms with Crippen molar-refractivity contribution in [3.63, 3.8) is 0 Å². The Morgan fingerprint density at radius 3 is 3.00 bits per heavy atom. The predicted molar refractivity (Wildman–Crippen MR) is 52.3 cm³/mol. The van der Waals surface area contributed by atoms with Gasteiger partial charge in [0.1, 0.15) is 5.82 Å². The van der Waals surface area contributed by atoms with E-state index in [0.717, 1.165) is 16.5 Å². The van der Waals surface area contributed by atoms with E-state index in [0.29, 0.717) is 0 Å². The Morgan fingerprint density at radius 2 is 2.29 bits per heavy atom. The van der Waals surface area contributed by atoms with Gasteiger partial charge >= 0.3 is 0 Å². The van der Waals surface area contributed by atoms with Gasteiger partial charge in [-0.25, -0.2) is 4.39 Å². The van der Waals surface area contributed by atoms with Gasteiger partial charge in [-0.1, -0.05) is 0 Å². The topological polar surface area (TPSA) is 62.0 Å². The van der Waals surface area contributed by atoms with Crippen LogP contribution in [0.2, 0.25) is 0 Å². The van der Waals surface area contributed by atoms with Crippen LogP contribution in [0.1, 0.15) is 11.6 Å². The molecule has 0 radical (unpaired) electrons.